The third kappa shape index (κ3) is 2.81. The number of methoxy groups -OCH3 is 1. The molecule has 0 aromatic heterocycles. The number of ether oxygens (including phenoxy) is 1. The van der Waals surface area contributed by atoms with Crippen molar-refractivity contribution in [1.29, 1.82) is 0 Å². The number of carbonyl (C=O) groups excluding carboxylic acids is 2. The lowest BCUT2D eigenvalue weighted by Gasteiger charge is -2.25. The third-order valence-electron chi connectivity index (χ3n) is 4.53. The molecule has 130 valence electrons. The molecule has 1 heterocycles. The standard InChI is InChI=1S/C20H21NO4/c1-13(2)21-17-7-5-4-6-16(17)20(24,19(21)23)12-18(22)14-8-10-15(25-3)11-9-14/h4-11,13,24H,12H2,1-3H3. The highest BCUT2D eigenvalue weighted by molar-refractivity contribution is 6.11. The summed E-state index contributed by atoms with van der Waals surface area (Å²) in [6.45, 7) is 3.76. The van der Waals surface area contributed by atoms with Gasteiger partial charge in [0.05, 0.1) is 19.2 Å². The van der Waals surface area contributed by atoms with Crippen LogP contribution in [-0.4, -0.2) is 29.9 Å². The normalized spacial score (nSPS) is 19.2. The zero-order chi connectivity index (χ0) is 18.2. The highest BCUT2D eigenvalue weighted by Crippen LogP contribution is 2.43. The molecule has 1 atom stereocenters. The van der Waals surface area contributed by atoms with Crippen molar-refractivity contribution < 1.29 is 19.4 Å². The lowest BCUT2D eigenvalue weighted by atomic mass is 9.88. The topological polar surface area (TPSA) is 66.8 Å². The number of anilines is 1. The number of benzene rings is 2. The molecule has 0 fully saturated rings. The van der Waals surface area contributed by atoms with Crippen LogP contribution < -0.4 is 9.64 Å². The van der Waals surface area contributed by atoms with Crippen LogP contribution in [0, 0.1) is 0 Å². The summed E-state index contributed by atoms with van der Waals surface area (Å²) in [6, 6.07) is 13.6. The largest absolute Gasteiger partial charge is 0.497 e. The summed E-state index contributed by atoms with van der Waals surface area (Å²) >= 11 is 0. The molecule has 0 saturated carbocycles. The molecule has 0 bridgehead atoms. The van der Waals surface area contributed by atoms with Crippen molar-refractivity contribution in [2.45, 2.75) is 31.9 Å². The Labute approximate surface area is 146 Å². The zero-order valence-electron chi connectivity index (χ0n) is 14.5. The van der Waals surface area contributed by atoms with E-state index in [1.807, 2.05) is 19.9 Å². The van der Waals surface area contributed by atoms with Gasteiger partial charge in [0.15, 0.2) is 11.4 Å². The van der Waals surface area contributed by atoms with Crippen LogP contribution in [-0.2, 0) is 10.4 Å². The molecule has 0 radical (unpaired) electrons. The van der Waals surface area contributed by atoms with Gasteiger partial charge in [-0.3, -0.25) is 9.59 Å². The van der Waals surface area contributed by atoms with Gasteiger partial charge >= 0.3 is 0 Å². The Hall–Kier alpha value is -2.66. The Kier molecular flexibility index (Phi) is 4.35. The molecule has 1 amide bonds. The monoisotopic (exact) mass is 339 g/mol. The maximum atomic E-state index is 12.9. The number of aliphatic hydroxyl groups is 1. The molecule has 0 saturated heterocycles. The van der Waals surface area contributed by atoms with E-state index in [1.165, 1.54) is 0 Å². The highest BCUT2D eigenvalue weighted by atomic mass is 16.5. The van der Waals surface area contributed by atoms with Crippen molar-refractivity contribution in [2.24, 2.45) is 0 Å². The number of nitrogens with zero attached hydrogens (tertiary/aromatic N) is 1. The lowest BCUT2D eigenvalue weighted by molar-refractivity contribution is -0.136. The van der Waals surface area contributed by atoms with Crippen LogP contribution in [0.1, 0.15) is 36.2 Å². The molecule has 1 aliphatic rings. The predicted octanol–water partition coefficient (Wildman–Crippen LogP) is 2.91. The third-order valence-corrected chi connectivity index (χ3v) is 4.53. The first-order valence-corrected chi connectivity index (χ1v) is 8.21. The molecule has 2 aromatic rings. The molecule has 0 aliphatic carbocycles. The first kappa shape index (κ1) is 17.2. The van der Waals surface area contributed by atoms with Crippen LogP contribution in [0.3, 0.4) is 0 Å². The number of para-hydroxylation sites is 1. The van der Waals surface area contributed by atoms with Gasteiger partial charge in [0.1, 0.15) is 5.75 Å². The smallest absolute Gasteiger partial charge is 0.264 e. The van der Waals surface area contributed by atoms with Gasteiger partial charge in [0.2, 0.25) is 0 Å². The summed E-state index contributed by atoms with van der Waals surface area (Å²) in [4.78, 5) is 27.1. The highest BCUT2D eigenvalue weighted by Gasteiger charge is 2.51. The van der Waals surface area contributed by atoms with Crippen LogP contribution in [0.2, 0.25) is 0 Å². The molecule has 25 heavy (non-hydrogen) atoms. The summed E-state index contributed by atoms with van der Waals surface area (Å²) in [5.74, 6) is -0.104. The Morgan fingerprint density at radius 2 is 1.80 bits per heavy atom. The second-order valence-electron chi connectivity index (χ2n) is 6.47. The number of amides is 1. The van der Waals surface area contributed by atoms with E-state index in [-0.39, 0.29) is 18.2 Å². The fourth-order valence-electron chi connectivity index (χ4n) is 3.25. The van der Waals surface area contributed by atoms with Gasteiger partial charge in [-0.15, -0.1) is 0 Å². The minimum atomic E-state index is -1.84. The average Bonchev–Trinajstić information content (AvgIpc) is 2.83. The van der Waals surface area contributed by atoms with E-state index in [0.717, 1.165) is 0 Å². The Balaban J connectivity index is 1.95. The molecule has 1 unspecified atom stereocenters. The van der Waals surface area contributed by atoms with Crippen LogP contribution in [0.4, 0.5) is 5.69 Å². The molecule has 5 heteroatoms. The SMILES string of the molecule is COc1ccc(C(=O)CC2(O)C(=O)N(C(C)C)c3ccccc32)cc1. The van der Waals surface area contributed by atoms with E-state index < -0.39 is 11.5 Å². The van der Waals surface area contributed by atoms with Gasteiger partial charge in [-0.2, -0.15) is 0 Å². The van der Waals surface area contributed by atoms with Crippen LogP contribution in [0.15, 0.2) is 48.5 Å². The number of hydrogen-bond acceptors (Lipinski definition) is 4. The predicted molar refractivity (Wildman–Crippen MR) is 94.9 cm³/mol. The summed E-state index contributed by atoms with van der Waals surface area (Å²) in [7, 11) is 1.55. The van der Waals surface area contributed by atoms with Gasteiger partial charge in [-0.05, 0) is 44.2 Å². The second-order valence-corrected chi connectivity index (χ2v) is 6.47. The van der Waals surface area contributed by atoms with Gasteiger partial charge in [-0.25, -0.2) is 0 Å². The van der Waals surface area contributed by atoms with E-state index in [9.17, 15) is 14.7 Å². The second kappa shape index (κ2) is 6.33. The van der Waals surface area contributed by atoms with E-state index in [1.54, 1.807) is 54.5 Å². The van der Waals surface area contributed by atoms with Crippen LogP contribution >= 0.6 is 0 Å². The fourth-order valence-corrected chi connectivity index (χ4v) is 3.25. The van der Waals surface area contributed by atoms with Crippen molar-refractivity contribution in [3.63, 3.8) is 0 Å². The minimum Gasteiger partial charge on any atom is -0.497 e. The van der Waals surface area contributed by atoms with Gasteiger partial charge in [0.25, 0.3) is 5.91 Å². The number of hydrogen-bond donors (Lipinski definition) is 1. The van der Waals surface area contributed by atoms with E-state index in [4.69, 9.17) is 4.74 Å². The number of Topliss-reactive ketones (excluding diaryl/α,β-unsaturated/α-hetero) is 1. The maximum Gasteiger partial charge on any atom is 0.264 e. The maximum absolute atomic E-state index is 12.9. The lowest BCUT2D eigenvalue weighted by Crippen LogP contribution is -2.44. The minimum absolute atomic E-state index is 0.112. The van der Waals surface area contributed by atoms with E-state index in [2.05, 4.69) is 0 Å². The molecular formula is C20H21NO4. The van der Waals surface area contributed by atoms with Crippen molar-refractivity contribution >= 4 is 17.4 Å². The molecule has 2 aromatic carbocycles. The van der Waals surface area contributed by atoms with E-state index >= 15 is 0 Å². The Morgan fingerprint density at radius 1 is 1.16 bits per heavy atom. The van der Waals surface area contributed by atoms with Gasteiger partial charge in [-0.1, -0.05) is 18.2 Å². The fraction of sp³-hybridized carbons (Fsp3) is 0.300. The summed E-state index contributed by atoms with van der Waals surface area (Å²) < 4.78 is 5.08. The summed E-state index contributed by atoms with van der Waals surface area (Å²) in [5.41, 5.74) is -0.261. The quantitative estimate of drug-likeness (QED) is 0.851. The average molecular weight is 339 g/mol. The van der Waals surface area contributed by atoms with Crippen LogP contribution in [0.5, 0.6) is 5.75 Å². The number of rotatable bonds is 5. The number of carbonyl (C=O) groups is 2. The van der Waals surface area contributed by atoms with Crippen molar-refractivity contribution in [3.05, 3.63) is 59.7 Å². The molecule has 1 aliphatic heterocycles. The summed E-state index contributed by atoms with van der Waals surface area (Å²) in [6.07, 6.45) is -0.293. The number of ketones is 1. The van der Waals surface area contributed by atoms with Gasteiger partial charge < -0.3 is 14.7 Å². The zero-order valence-corrected chi connectivity index (χ0v) is 14.5. The molecule has 0 spiro atoms. The van der Waals surface area contributed by atoms with E-state index in [0.29, 0.717) is 22.6 Å². The van der Waals surface area contributed by atoms with Gasteiger partial charge in [0, 0.05) is 17.2 Å². The van der Waals surface area contributed by atoms with Crippen LogP contribution in [0.25, 0.3) is 0 Å². The Bertz CT molecular complexity index is 813. The van der Waals surface area contributed by atoms with Crippen molar-refractivity contribution in [2.75, 3.05) is 12.0 Å². The molecule has 3 rings (SSSR count). The van der Waals surface area contributed by atoms with Crippen molar-refractivity contribution in [1.82, 2.24) is 0 Å². The first-order valence-electron chi connectivity index (χ1n) is 8.21. The molecular weight excluding hydrogens is 318 g/mol. The molecule has 5 nitrogen and oxygen atoms in total. The first-order chi connectivity index (χ1) is 11.9. The Morgan fingerprint density at radius 3 is 2.40 bits per heavy atom. The van der Waals surface area contributed by atoms with Crippen molar-refractivity contribution in [3.8, 4) is 5.75 Å². The summed E-state index contributed by atoms with van der Waals surface area (Å²) in [5, 5.41) is 11.1. The number of fused-ring (bicyclic) bond motifs is 1. The molecule has 1 N–H and O–H groups in total.